The van der Waals surface area contributed by atoms with E-state index in [1.54, 1.807) is 0 Å². The zero-order valence-corrected chi connectivity index (χ0v) is 14.9. The van der Waals surface area contributed by atoms with Crippen molar-refractivity contribution in [3.63, 3.8) is 0 Å². The Labute approximate surface area is 148 Å². The minimum Gasteiger partial charge on any atom is -0.376 e. The van der Waals surface area contributed by atoms with Crippen LogP contribution in [0.3, 0.4) is 0 Å². The maximum atomic E-state index is 5.93. The predicted molar refractivity (Wildman–Crippen MR) is 97.9 cm³/mol. The number of thiocarbonyl (C=S) groups is 1. The van der Waals surface area contributed by atoms with Gasteiger partial charge in [0.25, 0.3) is 0 Å². The molecule has 2 saturated heterocycles. The number of ether oxygens (including phenoxy) is 1. The average Bonchev–Trinajstić information content (AvgIpc) is 3.09. The van der Waals surface area contributed by atoms with Gasteiger partial charge in [0.05, 0.1) is 6.10 Å². The van der Waals surface area contributed by atoms with Crippen LogP contribution in [0.5, 0.6) is 0 Å². The smallest absolute Gasteiger partial charge is 0.169 e. The zero-order chi connectivity index (χ0) is 16.1. The summed E-state index contributed by atoms with van der Waals surface area (Å²) in [5, 5.41) is 5.02. The first-order chi connectivity index (χ1) is 11.2. The Hall–Kier alpha value is -0.880. The van der Waals surface area contributed by atoms with Crippen molar-refractivity contribution in [3.8, 4) is 0 Å². The summed E-state index contributed by atoms with van der Waals surface area (Å²) < 4.78 is 5.62. The summed E-state index contributed by atoms with van der Waals surface area (Å²) in [7, 11) is 0. The topological polar surface area (TPSA) is 27.7 Å². The van der Waals surface area contributed by atoms with Gasteiger partial charge in [-0.15, -0.1) is 0 Å². The molecule has 0 spiro atoms. The number of nitrogens with one attached hydrogen (secondary N) is 1. The molecule has 0 aliphatic carbocycles. The van der Waals surface area contributed by atoms with Gasteiger partial charge in [-0.25, -0.2) is 0 Å². The molecule has 6 heteroatoms. The summed E-state index contributed by atoms with van der Waals surface area (Å²) in [6.45, 7) is 6.72. The van der Waals surface area contributed by atoms with Gasteiger partial charge in [0.15, 0.2) is 5.11 Å². The average molecular weight is 354 g/mol. The molecule has 1 aromatic rings. The second-order valence-electron chi connectivity index (χ2n) is 6.21. The molecule has 0 bridgehead atoms. The second-order valence-corrected chi connectivity index (χ2v) is 7.03. The van der Waals surface area contributed by atoms with Gasteiger partial charge < -0.3 is 15.0 Å². The van der Waals surface area contributed by atoms with Crippen molar-refractivity contribution in [2.24, 2.45) is 0 Å². The van der Waals surface area contributed by atoms with Gasteiger partial charge in [-0.1, -0.05) is 23.7 Å². The number of rotatable bonds is 4. The maximum Gasteiger partial charge on any atom is 0.169 e. The lowest BCUT2D eigenvalue weighted by molar-refractivity contribution is 0.112. The molecule has 0 saturated carbocycles. The summed E-state index contributed by atoms with van der Waals surface area (Å²) >= 11 is 11.5. The minimum absolute atomic E-state index is 0.333. The van der Waals surface area contributed by atoms with Gasteiger partial charge in [-0.2, -0.15) is 0 Å². The molecule has 1 aromatic carbocycles. The molecule has 2 heterocycles. The fraction of sp³-hybridized carbons (Fsp3) is 0.588. The van der Waals surface area contributed by atoms with E-state index >= 15 is 0 Å². The van der Waals surface area contributed by atoms with Crippen LogP contribution < -0.4 is 5.32 Å². The molecule has 3 rings (SSSR count). The highest BCUT2D eigenvalue weighted by molar-refractivity contribution is 7.80. The Kier molecular flexibility index (Phi) is 6.11. The van der Waals surface area contributed by atoms with Crippen molar-refractivity contribution in [3.05, 3.63) is 34.9 Å². The predicted octanol–water partition coefficient (Wildman–Crippen LogP) is 2.51. The van der Waals surface area contributed by atoms with Crippen LogP contribution >= 0.6 is 23.8 Å². The Morgan fingerprint density at radius 3 is 2.61 bits per heavy atom. The van der Waals surface area contributed by atoms with Crippen LogP contribution in [0.4, 0.5) is 0 Å². The van der Waals surface area contributed by atoms with Crippen LogP contribution in [0.1, 0.15) is 18.4 Å². The van der Waals surface area contributed by atoms with E-state index in [1.165, 1.54) is 12.0 Å². The summed E-state index contributed by atoms with van der Waals surface area (Å²) in [4.78, 5) is 4.73. The molecule has 4 nitrogen and oxygen atoms in total. The first-order valence-corrected chi connectivity index (χ1v) is 9.10. The van der Waals surface area contributed by atoms with Crippen molar-refractivity contribution in [2.45, 2.75) is 25.5 Å². The molecule has 2 aliphatic heterocycles. The van der Waals surface area contributed by atoms with E-state index in [0.717, 1.165) is 62.4 Å². The fourth-order valence-corrected chi connectivity index (χ4v) is 3.47. The fourth-order valence-electron chi connectivity index (χ4n) is 3.08. The molecule has 2 fully saturated rings. The molecule has 0 amide bonds. The highest BCUT2D eigenvalue weighted by Gasteiger charge is 2.20. The number of benzene rings is 1. The number of hydrogen-bond donors (Lipinski definition) is 1. The van der Waals surface area contributed by atoms with Crippen LogP contribution in [0.2, 0.25) is 5.02 Å². The van der Waals surface area contributed by atoms with Crippen molar-refractivity contribution in [2.75, 3.05) is 39.3 Å². The number of piperazine rings is 1. The van der Waals surface area contributed by atoms with E-state index < -0.39 is 0 Å². The van der Waals surface area contributed by atoms with Gasteiger partial charge in [-0.05, 0) is 42.8 Å². The first kappa shape index (κ1) is 17.0. The molecular weight excluding hydrogens is 330 g/mol. The Morgan fingerprint density at radius 2 is 1.96 bits per heavy atom. The van der Waals surface area contributed by atoms with Crippen molar-refractivity contribution < 1.29 is 4.74 Å². The standard InChI is InChI=1S/C17H24ClN3OS/c18-15-5-3-14(4-6-15)13-20-7-9-21(10-8-20)17(23)19-12-16-2-1-11-22-16/h3-6,16H,1-2,7-13H2,(H,19,23)/t16-/m1/s1. The van der Waals surface area contributed by atoms with Gasteiger partial charge >= 0.3 is 0 Å². The molecule has 0 radical (unpaired) electrons. The third-order valence-corrected chi connectivity index (χ3v) is 5.14. The lowest BCUT2D eigenvalue weighted by Gasteiger charge is -2.36. The van der Waals surface area contributed by atoms with Gasteiger partial charge in [0.1, 0.15) is 0 Å². The lowest BCUT2D eigenvalue weighted by Crippen LogP contribution is -2.52. The normalized spacial score (nSPS) is 22.3. The van der Waals surface area contributed by atoms with Crippen molar-refractivity contribution >= 4 is 28.9 Å². The SMILES string of the molecule is S=C(NC[C@H]1CCCO1)N1CCN(Cc2ccc(Cl)cc2)CC1. The van der Waals surface area contributed by atoms with Crippen LogP contribution in [0, 0.1) is 0 Å². The molecule has 0 unspecified atom stereocenters. The Balaban J connectivity index is 1.39. The molecular formula is C17H24ClN3OS. The summed E-state index contributed by atoms with van der Waals surface area (Å²) in [6, 6.07) is 8.11. The van der Waals surface area contributed by atoms with Crippen molar-refractivity contribution in [1.82, 2.24) is 15.1 Å². The van der Waals surface area contributed by atoms with Gasteiger partial charge in [0, 0.05) is 50.9 Å². The Morgan fingerprint density at radius 1 is 1.22 bits per heavy atom. The van der Waals surface area contributed by atoms with E-state index in [9.17, 15) is 0 Å². The van der Waals surface area contributed by atoms with Crippen LogP contribution in [-0.4, -0.2) is 60.3 Å². The van der Waals surface area contributed by atoms with E-state index in [4.69, 9.17) is 28.6 Å². The van der Waals surface area contributed by atoms with E-state index in [0.29, 0.717) is 6.10 Å². The zero-order valence-electron chi connectivity index (χ0n) is 13.3. The molecule has 2 aliphatic rings. The summed E-state index contributed by atoms with van der Waals surface area (Å²) in [5.74, 6) is 0. The Bertz CT molecular complexity index is 511. The largest absolute Gasteiger partial charge is 0.376 e. The van der Waals surface area contributed by atoms with E-state index in [2.05, 4.69) is 27.2 Å². The number of hydrogen-bond acceptors (Lipinski definition) is 3. The molecule has 23 heavy (non-hydrogen) atoms. The van der Waals surface area contributed by atoms with Crippen LogP contribution in [0.15, 0.2) is 24.3 Å². The summed E-state index contributed by atoms with van der Waals surface area (Å²) in [6.07, 6.45) is 2.65. The minimum atomic E-state index is 0.333. The van der Waals surface area contributed by atoms with Crippen LogP contribution in [-0.2, 0) is 11.3 Å². The first-order valence-electron chi connectivity index (χ1n) is 8.32. The second kappa shape index (κ2) is 8.29. The van der Waals surface area contributed by atoms with E-state index in [1.807, 2.05) is 12.1 Å². The van der Waals surface area contributed by atoms with Gasteiger partial charge in [0.2, 0.25) is 0 Å². The van der Waals surface area contributed by atoms with Crippen LogP contribution in [0.25, 0.3) is 0 Å². The molecule has 1 atom stereocenters. The molecule has 126 valence electrons. The third-order valence-electron chi connectivity index (χ3n) is 4.48. The highest BCUT2D eigenvalue weighted by Crippen LogP contribution is 2.13. The number of halogens is 1. The maximum absolute atomic E-state index is 5.93. The third kappa shape index (κ3) is 5.05. The summed E-state index contributed by atoms with van der Waals surface area (Å²) in [5.41, 5.74) is 1.31. The quantitative estimate of drug-likeness (QED) is 0.840. The van der Waals surface area contributed by atoms with Crippen molar-refractivity contribution in [1.29, 1.82) is 0 Å². The monoisotopic (exact) mass is 353 g/mol. The molecule has 1 N–H and O–H groups in total. The highest BCUT2D eigenvalue weighted by atomic mass is 35.5. The lowest BCUT2D eigenvalue weighted by atomic mass is 10.2. The number of nitrogens with zero attached hydrogens (tertiary/aromatic N) is 2. The van der Waals surface area contributed by atoms with E-state index in [-0.39, 0.29) is 0 Å². The molecule has 0 aromatic heterocycles. The van der Waals surface area contributed by atoms with Gasteiger partial charge in [-0.3, -0.25) is 4.90 Å².